The van der Waals surface area contributed by atoms with Gasteiger partial charge < -0.3 is 5.11 Å². The molecule has 2 rings (SSSR count). The maximum Gasteiger partial charge on any atom is 0.240 e. The van der Waals surface area contributed by atoms with Crippen LogP contribution in [0.4, 0.5) is 0 Å². The van der Waals surface area contributed by atoms with E-state index in [1.54, 1.807) is 18.2 Å². The van der Waals surface area contributed by atoms with Crippen LogP contribution in [0.2, 0.25) is 0 Å². The monoisotopic (exact) mass is 269 g/mol. The quantitative estimate of drug-likeness (QED) is 0.854. The van der Waals surface area contributed by atoms with Crippen molar-refractivity contribution in [2.24, 2.45) is 5.92 Å². The lowest BCUT2D eigenvalue weighted by molar-refractivity contribution is 0.260. The highest BCUT2D eigenvalue weighted by Gasteiger charge is 2.27. The van der Waals surface area contributed by atoms with Gasteiger partial charge in [-0.2, -0.15) is 0 Å². The summed E-state index contributed by atoms with van der Waals surface area (Å²) in [6.07, 6.45) is 3.39. The number of aliphatic hydroxyl groups excluding tert-OH is 1. The summed E-state index contributed by atoms with van der Waals surface area (Å²) in [6.45, 7) is 1.76. The third-order valence-electron chi connectivity index (χ3n) is 3.59. The standard InChI is InChI=1S/C13H19NO3S/c1-10(12-5-3-6-12)14-18(16,17)13-7-2-4-11(8-13)9-15/h2,4,7-8,10,12,14-15H,3,5-6,9H2,1H3. The van der Waals surface area contributed by atoms with Crippen molar-refractivity contribution in [2.75, 3.05) is 0 Å². The zero-order valence-electron chi connectivity index (χ0n) is 10.5. The summed E-state index contributed by atoms with van der Waals surface area (Å²) in [5.41, 5.74) is 0.606. The molecule has 0 radical (unpaired) electrons. The molecule has 0 spiro atoms. The van der Waals surface area contributed by atoms with E-state index >= 15 is 0 Å². The van der Waals surface area contributed by atoms with Gasteiger partial charge in [0.25, 0.3) is 0 Å². The number of sulfonamides is 1. The van der Waals surface area contributed by atoms with Crippen LogP contribution >= 0.6 is 0 Å². The zero-order valence-corrected chi connectivity index (χ0v) is 11.3. The van der Waals surface area contributed by atoms with Crippen molar-refractivity contribution in [3.05, 3.63) is 29.8 Å². The van der Waals surface area contributed by atoms with Gasteiger partial charge in [-0.05, 0) is 43.4 Å². The predicted octanol–water partition coefficient (Wildman–Crippen LogP) is 1.65. The summed E-state index contributed by atoms with van der Waals surface area (Å²) >= 11 is 0. The fraction of sp³-hybridized carbons (Fsp3) is 0.538. The summed E-state index contributed by atoms with van der Waals surface area (Å²) < 4.78 is 27.0. The molecular weight excluding hydrogens is 250 g/mol. The Morgan fingerprint density at radius 1 is 1.44 bits per heavy atom. The van der Waals surface area contributed by atoms with Gasteiger partial charge in [0.2, 0.25) is 10.0 Å². The fourth-order valence-electron chi connectivity index (χ4n) is 2.16. The highest BCUT2D eigenvalue weighted by Crippen LogP contribution is 2.30. The molecule has 0 bridgehead atoms. The molecule has 100 valence electrons. The molecule has 1 aliphatic rings. The van der Waals surface area contributed by atoms with Gasteiger partial charge in [-0.1, -0.05) is 18.6 Å². The van der Waals surface area contributed by atoms with E-state index in [0.29, 0.717) is 11.5 Å². The minimum atomic E-state index is -3.47. The number of aliphatic hydroxyl groups is 1. The van der Waals surface area contributed by atoms with Crippen molar-refractivity contribution in [3.8, 4) is 0 Å². The van der Waals surface area contributed by atoms with Crippen molar-refractivity contribution in [2.45, 2.75) is 43.7 Å². The fourth-order valence-corrected chi connectivity index (χ4v) is 3.54. The first-order valence-electron chi connectivity index (χ1n) is 6.25. The first kappa shape index (κ1) is 13.5. The molecule has 0 heterocycles. The number of hydrogen-bond donors (Lipinski definition) is 2. The topological polar surface area (TPSA) is 66.4 Å². The average molecular weight is 269 g/mol. The average Bonchev–Trinajstić information content (AvgIpc) is 2.26. The lowest BCUT2D eigenvalue weighted by Gasteiger charge is -2.31. The maximum atomic E-state index is 12.2. The van der Waals surface area contributed by atoms with Crippen molar-refractivity contribution in [1.29, 1.82) is 0 Å². The number of nitrogens with one attached hydrogen (secondary N) is 1. The molecule has 1 atom stereocenters. The van der Waals surface area contributed by atoms with Crippen LogP contribution in [-0.4, -0.2) is 19.6 Å². The van der Waals surface area contributed by atoms with Gasteiger partial charge in [0, 0.05) is 6.04 Å². The van der Waals surface area contributed by atoms with Gasteiger partial charge in [-0.15, -0.1) is 0 Å². The molecule has 4 nitrogen and oxygen atoms in total. The summed E-state index contributed by atoms with van der Waals surface area (Å²) in [5, 5.41) is 9.03. The van der Waals surface area contributed by atoms with E-state index in [9.17, 15) is 8.42 Å². The van der Waals surface area contributed by atoms with E-state index in [0.717, 1.165) is 12.8 Å². The van der Waals surface area contributed by atoms with Crippen LogP contribution in [0.15, 0.2) is 29.2 Å². The Bertz CT molecular complexity index is 509. The molecular formula is C13H19NO3S. The van der Waals surface area contributed by atoms with Crippen LogP contribution in [0.3, 0.4) is 0 Å². The lowest BCUT2D eigenvalue weighted by atomic mass is 9.81. The summed E-state index contributed by atoms with van der Waals surface area (Å²) in [6, 6.07) is 6.38. The first-order valence-corrected chi connectivity index (χ1v) is 7.73. The van der Waals surface area contributed by atoms with E-state index in [4.69, 9.17) is 5.11 Å². The Balaban J connectivity index is 2.13. The Hall–Kier alpha value is -0.910. The van der Waals surface area contributed by atoms with E-state index in [1.165, 1.54) is 12.5 Å². The van der Waals surface area contributed by atoms with Crippen molar-refractivity contribution in [1.82, 2.24) is 4.72 Å². The molecule has 1 saturated carbocycles. The minimum Gasteiger partial charge on any atom is -0.392 e. The SMILES string of the molecule is CC(NS(=O)(=O)c1cccc(CO)c1)C1CCC1. The van der Waals surface area contributed by atoms with Crippen LogP contribution in [0.1, 0.15) is 31.7 Å². The van der Waals surface area contributed by atoms with Crippen molar-refractivity contribution < 1.29 is 13.5 Å². The minimum absolute atomic E-state index is 0.0264. The van der Waals surface area contributed by atoms with Gasteiger partial charge in [0.1, 0.15) is 0 Å². The Morgan fingerprint density at radius 2 is 2.17 bits per heavy atom. The van der Waals surface area contributed by atoms with Crippen LogP contribution in [0, 0.1) is 5.92 Å². The van der Waals surface area contributed by atoms with Gasteiger partial charge in [0.05, 0.1) is 11.5 Å². The van der Waals surface area contributed by atoms with Crippen LogP contribution < -0.4 is 4.72 Å². The summed E-state index contributed by atoms with van der Waals surface area (Å²) in [7, 11) is -3.47. The molecule has 0 saturated heterocycles. The Morgan fingerprint density at radius 3 is 2.72 bits per heavy atom. The van der Waals surface area contributed by atoms with Crippen LogP contribution in [0.25, 0.3) is 0 Å². The van der Waals surface area contributed by atoms with Crippen LogP contribution in [0.5, 0.6) is 0 Å². The lowest BCUT2D eigenvalue weighted by Crippen LogP contribution is -2.40. The van der Waals surface area contributed by atoms with E-state index in [1.807, 2.05) is 6.92 Å². The first-order chi connectivity index (χ1) is 8.53. The highest BCUT2D eigenvalue weighted by molar-refractivity contribution is 7.89. The van der Waals surface area contributed by atoms with Gasteiger partial charge in [-0.3, -0.25) is 0 Å². The molecule has 0 aliphatic heterocycles. The second kappa shape index (κ2) is 5.38. The second-order valence-electron chi connectivity index (χ2n) is 4.91. The van der Waals surface area contributed by atoms with Crippen LogP contribution in [-0.2, 0) is 16.6 Å². The van der Waals surface area contributed by atoms with E-state index in [-0.39, 0.29) is 17.5 Å². The predicted molar refractivity (Wildman–Crippen MR) is 69.5 cm³/mol. The number of benzene rings is 1. The molecule has 1 unspecified atom stereocenters. The number of rotatable bonds is 5. The smallest absolute Gasteiger partial charge is 0.240 e. The summed E-state index contributed by atoms with van der Waals surface area (Å²) in [5.74, 6) is 0.459. The van der Waals surface area contributed by atoms with E-state index < -0.39 is 10.0 Å². The third-order valence-corrected chi connectivity index (χ3v) is 5.15. The molecule has 1 aliphatic carbocycles. The molecule has 18 heavy (non-hydrogen) atoms. The molecule has 0 aromatic heterocycles. The zero-order chi connectivity index (χ0) is 13.2. The molecule has 0 amide bonds. The third kappa shape index (κ3) is 2.91. The maximum absolute atomic E-state index is 12.2. The van der Waals surface area contributed by atoms with Crippen molar-refractivity contribution >= 4 is 10.0 Å². The molecule has 1 aromatic rings. The summed E-state index contributed by atoms with van der Waals surface area (Å²) in [4.78, 5) is 0.222. The second-order valence-corrected chi connectivity index (χ2v) is 6.62. The van der Waals surface area contributed by atoms with Gasteiger partial charge in [0.15, 0.2) is 0 Å². The Labute approximate surface area is 108 Å². The van der Waals surface area contributed by atoms with Gasteiger partial charge in [-0.25, -0.2) is 13.1 Å². The van der Waals surface area contributed by atoms with Crippen molar-refractivity contribution in [3.63, 3.8) is 0 Å². The largest absolute Gasteiger partial charge is 0.392 e. The Kier molecular flexibility index (Phi) is 4.04. The number of hydrogen-bond acceptors (Lipinski definition) is 3. The van der Waals surface area contributed by atoms with Gasteiger partial charge >= 0.3 is 0 Å². The van der Waals surface area contributed by atoms with E-state index in [2.05, 4.69) is 4.72 Å². The molecule has 1 fully saturated rings. The molecule has 2 N–H and O–H groups in total. The highest BCUT2D eigenvalue weighted by atomic mass is 32.2. The normalized spacial score (nSPS) is 18.3. The molecule has 1 aromatic carbocycles. The molecule has 5 heteroatoms.